The van der Waals surface area contributed by atoms with Gasteiger partial charge in [-0.05, 0) is 42.3 Å². The third-order valence-electron chi connectivity index (χ3n) is 4.87. The highest BCUT2D eigenvalue weighted by Crippen LogP contribution is 2.39. The molecule has 0 aliphatic carbocycles. The van der Waals surface area contributed by atoms with Gasteiger partial charge in [0.05, 0.1) is 22.8 Å². The second-order valence-electron chi connectivity index (χ2n) is 6.86. The quantitative estimate of drug-likeness (QED) is 0.573. The number of aryl methyl sites for hydroxylation is 1. The lowest BCUT2D eigenvalue weighted by molar-refractivity contribution is -0.123. The predicted molar refractivity (Wildman–Crippen MR) is 114 cm³/mol. The Morgan fingerprint density at radius 3 is 2.63 bits per heavy atom. The number of aromatic nitrogens is 2. The van der Waals surface area contributed by atoms with Crippen molar-refractivity contribution in [2.75, 3.05) is 10.6 Å². The maximum absolute atomic E-state index is 13.3. The van der Waals surface area contributed by atoms with E-state index in [2.05, 4.69) is 15.7 Å². The van der Waals surface area contributed by atoms with Crippen LogP contribution in [0.25, 0.3) is 11.1 Å². The summed E-state index contributed by atoms with van der Waals surface area (Å²) in [6.07, 6.45) is 0.493. The number of hydrogen-bond acceptors (Lipinski definition) is 3. The second kappa shape index (κ2) is 8.08. The van der Waals surface area contributed by atoms with Gasteiger partial charge in [-0.3, -0.25) is 9.59 Å². The van der Waals surface area contributed by atoms with Gasteiger partial charge >= 0.3 is 0 Å². The van der Waals surface area contributed by atoms with Crippen LogP contribution in [0.5, 0.6) is 0 Å². The number of anilines is 2. The van der Waals surface area contributed by atoms with E-state index in [1.54, 1.807) is 24.3 Å². The molecular weight excluding hydrogens is 430 g/mol. The van der Waals surface area contributed by atoms with E-state index in [1.165, 1.54) is 22.9 Å². The van der Waals surface area contributed by atoms with Crippen LogP contribution >= 0.6 is 23.2 Å². The molecule has 2 N–H and O–H groups in total. The summed E-state index contributed by atoms with van der Waals surface area (Å²) in [6.45, 7) is 1.94. The van der Waals surface area contributed by atoms with Crippen LogP contribution in [0.15, 0.2) is 42.5 Å². The zero-order valence-corrected chi connectivity index (χ0v) is 17.4. The second-order valence-corrected chi connectivity index (χ2v) is 7.70. The van der Waals surface area contributed by atoms with Crippen molar-refractivity contribution in [3.63, 3.8) is 0 Å². The largest absolute Gasteiger partial charge is 0.325 e. The minimum absolute atomic E-state index is 0.120. The van der Waals surface area contributed by atoms with E-state index in [1.807, 2.05) is 6.92 Å². The molecule has 2 heterocycles. The molecule has 1 aliphatic rings. The molecule has 4 rings (SSSR count). The standard InChI is InChI=1S/C21H17Cl2FN4O2/c1-2-15-19(11-3-6-13(24)7-4-11)20-26-21(30)17(28(20)27-15)10-18(29)25-16-8-5-12(22)9-14(16)23/h3-9,17H,2,10H2,1H3,(H,25,29)(H,26,30). The first-order valence-corrected chi connectivity index (χ1v) is 10.1. The highest BCUT2D eigenvalue weighted by Gasteiger charge is 2.36. The maximum atomic E-state index is 13.3. The Bertz CT molecular complexity index is 1140. The topological polar surface area (TPSA) is 76.0 Å². The Hall–Kier alpha value is -2.90. The molecule has 0 saturated carbocycles. The van der Waals surface area contributed by atoms with Gasteiger partial charge in [-0.2, -0.15) is 5.10 Å². The number of nitrogens with one attached hydrogen (secondary N) is 2. The van der Waals surface area contributed by atoms with Crippen molar-refractivity contribution < 1.29 is 14.0 Å². The average molecular weight is 447 g/mol. The van der Waals surface area contributed by atoms with Crippen molar-refractivity contribution >= 4 is 46.5 Å². The summed E-state index contributed by atoms with van der Waals surface area (Å²) >= 11 is 12.0. The summed E-state index contributed by atoms with van der Waals surface area (Å²) in [5.41, 5.74) is 2.64. The van der Waals surface area contributed by atoms with Crippen molar-refractivity contribution in [2.45, 2.75) is 25.8 Å². The van der Waals surface area contributed by atoms with E-state index in [9.17, 15) is 14.0 Å². The Kier molecular flexibility index (Phi) is 5.49. The lowest BCUT2D eigenvalue weighted by Crippen LogP contribution is -2.24. The summed E-state index contributed by atoms with van der Waals surface area (Å²) in [5, 5.41) is 10.8. The van der Waals surface area contributed by atoms with Crippen molar-refractivity contribution in [1.82, 2.24) is 9.78 Å². The van der Waals surface area contributed by atoms with E-state index in [4.69, 9.17) is 23.2 Å². The molecule has 1 unspecified atom stereocenters. The number of rotatable bonds is 5. The molecule has 2 amide bonds. The van der Waals surface area contributed by atoms with E-state index in [0.717, 1.165) is 16.8 Å². The van der Waals surface area contributed by atoms with Crippen LogP contribution in [0, 0.1) is 5.82 Å². The lowest BCUT2D eigenvalue weighted by Gasteiger charge is -2.11. The van der Waals surface area contributed by atoms with Gasteiger partial charge in [0.1, 0.15) is 17.7 Å². The van der Waals surface area contributed by atoms with Gasteiger partial charge in [-0.1, -0.05) is 42.3 Å². The molecule has 0 radical (unpaired) electrons. The molecule has 9 heteroatoms. The molecule has 6 nitrogen and oxygen atoms in total. The Labute approximate surface area is 182 Å². The van der Waals surface area contributed by atoms with Gasteiger partial charge in [-0.15, -0.1) is 0 Å². The molecule has 0 fully saturated rings. The minimum atomic E-state index is -0.800. The summed E-state index contributed by atoms with van der Waals surface area (Å²) in [7, 11) is 0. The molecule has 1 atom stereocenters. The van der Waals surface area contributed by atoms with E-state index >= 15 is 0 Å². The van der Waals surface area contributed by atoms with Crippen LogP contribution in [-0.4, -0.2) is 21.6 Å². The normalized spacial score (nSPS) is 15.1. The number of halogens is 3. The summed E-state index contributed by atoms with van der Waals surface area (Å²) in [5.74, 6) is -0.559. The number of fused-ring (bicyclic) bond motifs is 1. The van der Waals surface area contributed by atoms with Crippen LogP contribution in [0.3, 0.4) is 0 Å². The van der Waals surface area contributed by atoms with E-state index < -0.39 is 6.04 Å². The van der Waals surface area contributed by atoms with Crippen molar-refractivity contribution in [2.24, 2.45) is 0 Å². The monoisotopic (exact) mass is 446 g/mol. The molecule has 30 heavy (non-hydrogen) atoms. The van der Waals surface area contributed by atoms with Crippen LogP contribution in [0.2, 0.25) is 10.0 Å². The zero-order valence-electron chi connectivity index (χ0n) is 15.9. The van der Waals surface area contributed by atoms with Crippen LogP contribution in [0.4, 0.5) is 15.9 Å². The Morgan fingerprint density at radius 2 is 1.97 bits per heavy atom. The van der Waals surface area contributed by atoms with Crippen LogP contribution < -0.4 is 10.6 Å². The smallest absolute Gasteiger partial charge is 0.251 e. The zero-order chi connectivity index (χ0) is 21.4. The van der Waals surface area contributed by atoms with Gasteiger partial charge in [-0.25, -0.2) is 9.07 Å². The number of hydrogen-bond donors (Lipinski definition) is 2. The first-order chi connectivity index (χ1) is 14.4. The van der Waals surface area contributed by atoms with Crippen molar-refractivity contribution in [3.8, 4) is 11.1 Å². The highest BCUT2D eigenvalue weighted by atomic mass is 35.5. The molecule has 3 aromatic rings. The molecule has 0 saturated heterocycles. The Morgan fingerprint density at radius 1 is 1.23 bits per heavy atom. The number of amides is 2. The minimum Gasteiger partial charge on any atom is -0.325 e. The summed E-state index contributed by atoms with van der Waals surface area (Å²) in [6, 6.07) is 9.92. The van der Waals surface area contributed by atoms with Gasteiger partial charge in [0.2, 0.25) is 5.91 Å². The third kappa shape index (κ3) is 3.78. The molecule has 154 valence electrons. The fourth-order valence-corrected chi connectivity index (χ4v) is 3.91. The molecular formula is C21H17Cl2FN4O2. The molecule has 1 aromatic heterocycles. The van der Waals surface area contributed by atoms with Gasteiger partial charge in [0.25, 0.3) is 5.91 Å². The first kappa shape index (κ1) is 20.4. The number of carbonyl (C=O) groups is 2. The fourth-order valence-electron chi connectivity index (χ4n) is 3.45. The summed E-state index contributed by atoms with van der Waals surface area (Å²) in [4.78, 5) is 25.1. The van der Waals surface area contributed by atoms with E-state index in [0.29, 0.717) is 28.0 Å². The number of carbonyl (C=O) groups excluding carboxylic acids is 2. The molecule has 0 spiro atoms. The lowest BCUT2D eigenvalue weighted by atomic mass is 10.0. The Balaban J connectivity index is 1.61. The van der Waals surface area contributed by atoms with Gasteiger partial charge in [0, 0.05) is 10.6 Å². The first-order valence-electron chi connectivity index (χ1n) is 9.30. The molecule has 1 aliphatic heterocycles. The molecule has 2 aromatic carbocycles. The van der Waals surface area contributed by atoms with Crippen LogP contribution in [-0.2, 0) is 16.0 Å². The predicted octanol–water partition coefficient (Wildman–Crippen LogP) is 5.08. The number of benzene rings is 2. The third-order valence-corrected chi connectivity index (χ3v) is 5.42. The summed E-state index contributed by atoms with van der Waals surface area (Å²) < 4.78 is 14.9. The van der Waals surface area contributed by atoms with Crippen molar-refractivity contribution in [3.05, 3.63) is 64.0 Å². The van der Waals surface area contributed by atoms with Gasteiger partial charge in [0.15, 0.2) is 0 Å². The number of nitrogens with zero attached hydrogens (tertiary/aromatic N) is 2. The molecule has 0 bridgehead atoms. The van der Waals surface area contributed by atoms with Crippen molar-refractivity contribution in [1.29, 1.82) is 0 Å². The average Bonchev–Trinajstić information content (AvgIpc) is 3.20. The maximum Gasteiger partial charge on any atom is 0.251 e. The van der Waals surface area contributed by atoms with Crippen LogP contribution in [0.1, 0.15) is 25.1 Å². The van der Waals surface area contributed by atoms with E-state index in [-0.39, 0.29) is 24.1 Å². The fraction of sp³-hybridized carbons (Fsp3) is 0.190. The SMILES string of the molecule is CCc1nn2c(c1-c1ccc(F)cc1)NC(=O)C2CC(=O)Nc1ccc(Cl)cc1Cl. The van der Waals surface area contributed by atoms with Gasteiger partial charge < -0.3 is 10.6 Å². The highest BCUT2D eigenvalue weighted by molar-refractivity contribution is 6.36.